The van der Waals surface area contributed by atoms with Gasteiger partial charge in [0.15, 0.2) is 11.5 Å². The van der Waals surface area contributed by atoms with Gasteiger partial charge in [-0.15, -0.1) is 0 Å². The van der Waals surface area contributed by atoms with Crippen LogP contribution in [-0.4, -0.2) is 49.6 Å². The van der Waals surface area contributed by atoms with E-state index >= 15 is 0 Å². The van der Waals surface area contributed by atoms with Crippen LogP contribution < -0.4 is 10.2 Å². The number of carbonyl (C=O) groups is 1. The van der Waals surface area contributed by atoms with Gasteiger partial charge in [0.05, 0.1) is 17.7 Å². The number of aryl methyl sites for hydroxylation is 1. The third-order valence-electron chi connectivity index (χ3n) is 5.16. The molecule has 1 aliphatic rings. The molecule has 0 spiro atoms. The Labute approximate surface area is 182 Å². The van der Waals surface area contributed by atoms with Gasteiger partial charge in [0, 0.05) is 19.0 Å². The van der Waals surface area contributed by atoms with Gasteiger partial charge in [-0.3, -0.25) is 4.79 Å². The van der Waals surface area contributed by atoms with E-state index in [1.54, 1.807) is 36.4 Å². The number of carbonyl (C=O) groups excluding carboxylic acids is 1. The van der Waals surface area contributed by atoms with Crippen LogP contribution in [0.5, 0.6) is 11.5 Å². The van der Waals surface area contributed by atoms with Gasteiger partial charge >= 0.3 is 0 Å². The van der Waals surface area contributed by atoms with Crippen LogP contribution in [0, 0.1) is 12.8 Å². The Hall–Kier alpha value is -2.91. The van der Waals surface area contributed by atoms with E-state index in [0.717, 1.165) is 5.56 Å². The number of ether oxygens (including phenoxy) is 1. The van der Waals surface area contributed by atoms with Crippen molar-refractivity contribution in [3.63, 3.8) is 0 Å². The Kier molecular flexibility index (Phi) is 7.29. The minimum Gasteiger partial charge on any atom is -0.504 e. The van der Waals surface area contributed by atoms with E-state index in [-0.39, 0.29) is 35.6 Å². The molecule has 0 aliphatic carbocycles. The van der Waals surface area contributed by atoms with Crippen LogP contribution in [0.4, 0.5) is 0 Å². The second-order valence-electron chi connectivity index (χ2n) is 7.39. The van der Waals surface area contributed by atoms with Crippen LogP contribution in [0.15, 0.2) is 52.5 Å². The molecule has 2 aromatic rings. The predicted octanol–water partition coefficient (Wildman–Crippen LogP) is 2.65. The van der Waals surface area contributed by atoms with E-state index in [2.05, 4.69) is 10.5 Å². The summed E-state index contributed by atoms with van der Waals surface area (Å²) in [6.07, 6.45) is 2.33. The first kappa shape index (κ1) is 22.8. The van der Waals surface area contributed by atoms with Gasteiger partial charge in [-0.05, 0) is 62.6 Å². The van der Waals surface area contributed by atoms with Crippen LogP contribution >= 0.6 is 0 Å². The molecular formula is C22H27N3O5S. The van der Waals surface area contributed by atoms with Crippen LogP contribution in [0.1, 0.15) is 30.9 Å². The molecule has 0 unspecified atom stereocenters. The van der Waals surface area contributed by atoms with Crippen LogP contribution in [0.25, 0.3) is 0 Å². The van der Waals surface area contributed by atoms with Crippen LogP contribution in [-0.2, 0) is 14.8 Å². The summed E-state index contributed by atoms with van der Waals surface area (Å²) in [6, 6.07) is 11.5. The summed E-state index contributed by atoms with van der Waals surface area (Å²) < 4.78 is 32.3. The molecule has 2 aromatic carbocycles. The molecule has 0 atom stereocenters. The van der Waals surface area contributed by atoms with Gasteiger partial charge in [-0.2, -0.15) is 9.41 Å². The zero-order valence-corrected chi connectivity index (χ0v) is 18.4. The molecule has 0 radical (unpaired) electrons. The van der Waals surface area contributed by atoms with Gasteiger partial charge in [0.2, 0.25) is 15.9 Å². The van der Waals surface area contributed by atoms with Gasteiger partial charge < -0.3 is 9.84 Å². The molecule has 2 N–H and O–H groups in total. The predicted molar refractivity (Wildman–Crippen MR) is 118 cm³/mol. The van der Waals surface area contributed by atoms with Crippen LogP contribution in [0.2, 0.25) is 0 Å². The molecule has 1 amide bonds. The van der Waals surface area contributed by atoms with Crippen molar-refractivity contribution < 1.29 is 23.1 Å². The number of nitrogens with one attached hydrogen (secondary N) is 1. The van der Waals surface area contributed by atoms with E-state index in [0.29, 0.717) is 30.8 Å². The summed E-state index contributed by atoms with van der Waals surface area (Å²) >= 11 is 0. The molecule has 3 rings (SSSR count). The fourth-order valence-corrected chi connectivity index (χ4v) is 4.83. The smallest absolute Gasteiger partial charge is 0.243 e. The van der Waals surface area contributed by atoms with Crippen molar-refractivity contribution in [2.75, 3.05) is 19.7 Å². The Morgan fingerprint density at radius 2 is 1.90 bits per heavy atom. The number of hydrazone groups is 1. The molecule has 0 aromatic heterocycles. The zero-order chi connectivity index (χ0) is 22.4. The van der Waals surface area contributed by atoms with Gasteiger partial charge in [0.1, 0.15) is 0 Å². The lowest BCUT2D eigenvalue weighted by Gasteiger charge is -2.30. The molecule has 0 bridgehead atoms. The molecule has 9 heteroatoms. The number of rotatable bonds is 7. The third kappa shape index (κ3) is 5.62. The number of aromatic hydroxyl groups is 1. The minimum absolute atomic E-state index is 0.0374. The lowest BCUT2D eigenvalue weighted by atomic mass is 9.98. The Morgan fingerprint density at radius 1 is 1.23 bits per heavy atom. The number of amides is 1. The number of sulfonamides is 1. The summed E-state index contributed by atoms with van der Waals surface area (Å²) in [6.45, 7) is 4.71. The number of phenols is 1. The second kappa shape index (κ2) is 9.93. The molecule has 1 heterocycles. The van der Waals surface area contributed by atoms with Gasteiger partial charge in [-0.1, -0.05) is 17.7 Å². The second-order valence-corrected chi connectivity index (χ2v) is 9.32. The average molecular weight is 446 g/mol. The van der Waals surface area contributed by atoms with Crippen molar-refractivity contribution in [2.24, 2.45) is 11.0 Å². The van der Waals surface area contributed by atoms with Crippen LogP contribution in [0.3, 0.4) is 0 Å². The van der Waals surface area contributed by atoms with Crippen molar-refractivity contribution in [3.8, 4) is 11.5 Å². The number of hydrogen-bond acceptors (Lipinski definition) is 6. The van der Waals surface area contributed by atoms with E-state index in [4.69, 9.17) is 4.74 Å². The molecule has 1 fully saturated rings. The van der Waals surface area contributed by atoms with Crippen molar-refractivity contribution in [3.05, 3.63) is 53.6 Å². The molecule has 1 aliphatic heterocycles. The van der Waals surface area contributed by atoms with E-state index < -0.39 is 10.0 Å². The highest BCUT2D eigenvalue weighted by atomic mass is 32.2. The number of nitrogens with zero attached hydrogens (tertiary/aromatic N) is 2. The maximum atomic E-state index is 12.8. The Morgan fingerprint density at radius 3 is 2.55 bits per heavy atom. The quantitative estimate of drug-likeness (QED) is 0.503. The van der Waals surface area contributed by atoms with Crippen molar-refractivity contribution >= 4 is 22.1 Å². The fourth-order valence-electron chi connectivity index (χ4n) is 3.36. The highest BCUT2D eigenvalue weighted by Crippen LogP contribution is 2.26. The monoisotopic (exact) mass is 445 g/mol. The lowest BCUT2D eigenvalue weighted by Crippen LogP contribution is -2.42. The maximum absolute atomic E-state index is 12.8. The first-order valence-corrected chi connectivity index (χ1v) is 11.6. The zero-order valence-electron chi connectivity index (χ0n) is 17.6. The summed E-state index contributed by atoms with van der Waals surface area (Å²) in [4.78, 5) is 12.7. The molecular weight excluding hydrogens is 418 g/mol. The topological polar surface area (TPSA) is 108 Å². The highest BCUT2D eigenvalue weighted by Gasteiger charge is 2.32. The van der Waals surface area contributed by atoms with E-state index in [1.165, 1.54) is 16.6 Å². The molecule has 0 saturated carbocycles. The Balaban J connectivity index is 1.54. The first-order valence-electron chi connectivity index (χ1n) is 10.2. The maximum Gasteiger partial charge on any atom is 0.243 e. The number of hydrogen-bond donors (Lipinski definition) is 2. The first-order chi connectivity index (χ1) is 14.8. The summed E-state index contributed by atoms with van der Waals surface area (Å²) in [5.41, 5.74) is 4.18. The normalized spacial score (nSPS) is 15.8. The standard InChI is InChI=1S/C22H27N3O5S/c1-3-30-21-14-17(6-9-20(21)26)15-23-24-22(27)18-10-12-25(13-11-18)31(28,29)19-7-4-16(2)5-8-19/h4-9,14-15,18,26H,3,10-13H2,1-2H3,(H,24,27)/b23-15+. The number of phenolic OH excluding ortho intramolecular Hbond substituents is 1. The average Bonchev–Trinajstić information content (AvgIpc) is 2.76. The minimum atomic E-state index is -3.55. The van der Waals surface area contributed by atoms with E-state index in [1.807, 2.05) is 13.8 Å². The number of piperidine rings is 1. The van der Waals surface area contributed by atoms with Gasteiger partial charge in [0.25, 0.3) is 0 Å². The summed E-state index contributed by atoms with van der Waals surface area (Å²) in [5.74, 6) is -0.164. The lowest BCUT2D eigenvalue weighted by molar-refractivity contribution is -0.126. The van der Waals surface area contributed by atoms with E-state index in [9.17, 15) is 18.3 Å². The fraction of sp³-hybridized carbons (Fsp3) is 0.364. The molecule has 31 heavy (non-hydrogen) atoms. The third-order valence-corrected chi connectivity index (χ3v) is 7.07. The largest absolute Gasteiger partial charge is 0.504 e. The highest BCUT2D eigenvalue weighted by molar-refractivity contribution is 7.89. The Bertz CT molecular complexity index is 1040. The van der Waals surface area contributed by atoms with Crippen molar-refractivity contribution in [1.29, 1.82) is 0 Å². The molecule has 8 nitrogen and oxygen atoms in total. The summed E-state index contributed by atoms with van der Waals surface area (Å²) in [7, 11) is -3.55. The summed E-state index contributed by atoms with van der Waals surface area (Å²) in [5, 5.41) is 13.7. The van der Waals surface area contributed by atoms with Crippen molar-refractivity contribution in [1.82, 2.24) is 9.73 Å². The van der Waals surface area contributed by atoms with Gasteiger partial charge in [-0.25, -0.2) is 13.8 Å². The number of benzene rings is 2. The van der Waals surface area contributed by atoms with Crippen molar-refractivity contribution in [2.45, 2.75) is 31.6 Å². The molecule has 1 saturated heterocycles. The molecule has 166 valence electrons. The SMILES string of the molecule is CCOc1cc(/C=N/NC(=O)C2CCN(S(=O)(=O)c3ccc(C)cc3)CC2)ccc1O.